The molecule has 1 atom stereocenters. The summed E-state index contributed by atoms with van der Waals surface area (Å²) >= 11 is 5.92. The zero-order valence-corrected chi connectivity index (χ0v) is 14.8. The van der Waals surface area contributed by atoms with Gasteiger partial charge in [0.25, 0.3) is 5.91 Å². The van der Waals surface area contributed by atoms with Crippen LogP contribution in [0.4, 0.5) is 11.4 Å². The number of nitrogens with one attached hydrogen (secondary N) is 1. The van der Waals surface area contributed by atoms with Crippen molar-refractivity contribution >= 4 is 28.9 Å². The fourth-order valence-corrected chi connectivity index (χ4v) is 2.80. The lowest BCUT2D eigenvalue weighted by molar-refractivity contribution is -0.122. The lowest BCUT2D eigenvalue weighted by atomic mass is 10.2. The Morgan fingerprint density at radius 1 is 1.20 bits per heavy atom. The van der Waals surface area contributed by atoms with Crippen LogP contribution < -0.4 is 15.0 Å². The summed E-state index contributed by atoms with van der Waals surface area (Å²) in [7, 11) is 0. The molecule has 0 spiro atoms. The predicted molar refractivity (Wildman–Crippen MR) is 99.6 cm³/mol. The second-order valence-corrected chi connectivity index (χ2v) is 6.29. The van der Waals surface area contributed by atoms with Crippen molar-refractivity contribution in [1.29, 1.82) is 0 Å². The molecule has 6 heteroatoms. The van der Waals surface area contributed by atoms with E-state index in [9.17, 15) is 4.79 Å². The molecule has 2 aromatic carbocycles. The number of benzene rings is 2. The average molecular weight is 361 g/mol. The quantitative estimate of drug-likeness (QED) is 0.885. The maximum absolute atomic E-state index is 12.3. The fraction of sp³-hybridized carbons (Fsp3) is 0.316. The summed E-state index contributed by atoms with van der Waals surface area (Å²) in [6, 6.07) is 14.8. The second-order valence-electron chi connectivity index (χ2n) is 5.85. The molecule has 1 aliphatic rings. The van der Waals surface area contributed by atoms with Gasteiger partial charge in [0.1, 0.15) is 5.75 Å². The molecule has 1 aliphatic heterocycles. The average Bonchev–Trinajstić information content (AvgIpc) is 2.63. The molecule has 1 amide bonds. The Bertz CT molecular complexity index is 715. The van der Waals surface area contributed by atoms with Crippen LogP contribution in [-0.4, -0.2) is 38.3 Å². The lowest BCUT2D eigenvalue weighted by Crippen LogP contribution is -2.36. The van der Waals surface area contributed by atoms with Gasteiger partial charge in [0.15, 0.2) is 6.10 Å². The van der Waals surface area contributed by atoms with Gasteiger partial charge in [-0.2, -0.15) is 0 Å². The number of hydrogen-bond acceptors (Lipinski definition) is 4. The number of ether oxygens (including phenoxy) is 2. The molecule has 2 aromatic rings. The van der Waals surface area contributed by atoms with Crippen LogP contribution in [-0.2, 0) is 9.53 Å². The summed E-state index contributed by atoms with van der Waals surface area (Å²) in [5.74, 6) is 0.358. The number of carbonyl (C=O) groups is 1. The highest BCUT2D eigenvalue weighted by Crippen LogP contribution is 2.21. The van der Waals surface area contributed by atoms with Crippen molar-refractivity contribution in [3.8, 4) is 5.75 Å². The minimum absolute atomic E-state index is 0.209. The molecule has 132 valence electrons. The molecule has 0 aromatic heterocycles. The lowest BCUT2D eigenvalue weighted by Gasteiger charge is -2.29. The van der Waals surface area contributed by atoms with Gasteiger partial charge in [-0.15, -0.1) is 0 Å². The van der Waals surface area contributed by atoms with Crippen LogP contribution in [0.25, 0.3) is 0 Å². The SMILES string of the molecule is C[C@H](Oc1cccc(Cl)c1)C(=O)Nc1ccc(N2CCOCC2)cc1. The number of halogens is 1. The van der Waals surface area contributed by atoms with Gasteiger partial charge < -0.3 is 19.7 Å². The zero-order valence-electron chi connectivity index (χ0n) is 14.1. The minimum atomic E-state index is -0.627. The maximum Gasteiger partial charge on any atom is 0.265 e. The molecule has 0 aliphatic carbocycles. The Morgan fingerprint density at radius 3 is 2.60 bits per heavy atom. The number of rotatable bonds is 5. The summed E-state index contributed by atoms with van der Waals surface area (Å²) < 4.78 is 11.0. The van der Waals surface area contributed by atoms with E-state index in [1.165, 1.54) is 0 Å². The fourth-order valence-electron chi connectivity index (χ4n) is 2.62. The number of amides is 1. The highest BCUT2D eigenvalue weighted by Gasteiger charge is 2.16. The highest BCUT2D eigenvalue weighted by molar-refractivity contribution is 6.30. The van der Waals surface area contributed by atoms with Crippen molar-refractivity contribution in [2.24, 2.45) is 0 Å². The minimum Gasteiger partial charge on any atom is -0.481 e. The molecule has 1 fully saturated rings. The van der Waals surface area contributed by atoms with Gasteiger partial charge in [-0.05, 0) is 49.4 Å². The normalized spacial score (nSPS) is 15.5. The van der Waals surface area contributed by atoms with E-state index >= 15 is 0 Å². The first kappa shape index (κ1) is 17.6. The van der Waals surface area contributed by atoms with Crippen molar-refractivity contribution < 1.29 is 14.3 Å². The van der Waals surface area contributed by atoms with Crippen molar-refractivity contribution in [3.05, 3.63) is 53.6 Å². The molecule has 1 saturated heterocycles. The van der Waals surface area contributed by atoms with E-state index in [2.05, 4.69) is 10.2 Å². The Hall–Kier alpha value is -2.24. The van der Waals surface area contributed by atoms with E-state index in [-0.39, 0.29) is 5.91 Å². The van der Waals surface area contributed by atoms with Gasteiger partial charge in [-0.25, -0.2) is 0 Å². The van der Waals surface area contributed by atoms with E-state index in [4.69, 9.17) is 21.1 Å². The van der Waals surface area contributed by atoms with Gasteiger partial charge in [0.2, 0.25) is 0 Å². The molecule has 1 heterocycles. The molecule has 0 saturated carbocycles. The third-order valence-corrected chi connectivity index (χ3v) is 4.22. The third-order valence-electron chi connectivity index (χ3n) is 3.99. The molecule has 1 N–H and O–H groups in total. The molecule has 0 radical (unpaired) electrons. The Labute approximate surface area is 152 Å². The van der Waals surface area contributed by atoms with Crippen LogP contribution in [0.5, 0.6) is 5.75 Å². The van der Waals surface area contributed by atoms with E-state index in [1.807, 2.05) is 24.3 Å². The van der Waals surface area contributed by atoms with Crippen LogP contribution in [0, 0.1) is 0 Å². The van der Waals surface area contributed by atoms with Crippen LogP contribution in [0.1, 0.15) is 6.92 Å². The first-order valence-corrected chi connectivity index (χ1v) is 8.65. The summed E-state index contributed by atoms with van der Waals surface area (Å²) in [5, 5.41) is 3.44. The van der Waals surface area contributed by atoms with Gasteiger partial charge in [-0.1, -0.05) is 17.7 Å². The van der Waals surface area contributed by atoms with Gasteiger partial charge in [-0.3, -0.25) is 4.79 Å². The third kappa shape index (κ3) is 4.87. The maximum atomic E-state index is 12.3. The van der Waals surface area contributed by atoms with Gasteiger partial charge >= 0.3 is 0 Å². The predicted octanol–water partition coefficient (Wildman–Crippen LogP) is 3.58. The smallest absolute Gasteiger partial charge is 0.265 e. The van der Waals surface area contributed by atoms with E-state index in [0.29, 0.717) is 10.8 Å². The van der Waals surface area contributed by atoms with Crippen molar-refractivity contribution in [2.45, 2.75) is 13.0 Å². The van der Waals surface area contributed by atoms with Gasteiger partial charge in [0.05, 0.1) is 13.2 Å². The molecule has 0 unspecified atom stereocenters. The second kappa shape index (κ2) is 8.23. The van der Waals surface area contributed by atoms with E-state index in [1.54, 1.807) is 31.2 Å². The topological polar surface area (TPSA) is 50.8 Å². The van der Waals surface area contributed by atoms with Crippen LogP contribution >= 0.6 is 11.6 Å². The Balaban J connectivity index is 1.56. The van der Waals surface area contributed by atoms with Gasteiger partial charge in [0, 0.05) is 29.5 Å². The number of hydrogen-bond donors (Lipinski definition) is 1. The van der Waals surface area contributed by atoms with Crippen LogP contribution in [0.2, 0.25) is 5.02 Å². The first-order valence-electron chi connectivity index (χ1n) is 8.28. The molecule has 25 heavy (non-hydrogen) atoms. The van der Waals surface area contributed by atoms with E-state index in [0.717, 1.165) is 37.7 Å². The summed E-state index contributed by atoms with van der Waals surface area (Å²) in [6.07, 6.45) is -0.627. The molecular formula is C19H21ClN2O3. The highest BCUT2D eigenvalue weighted by atomic mass is 35.5. The number of nitrogens with zero attached hydrogens (tertiary/aromatic N) is 1. The number of anilines is 2. The molecule has 3 rings (SSSR count). The number of carbonyl (C=O) groups excluding carboxylic acids is 1. The Kier molecular flexibility index (Phi) is 5.79. The molecule has 0 bridgehead atoms. The van der Waals surface area contributed by atoms with Crippen molar-refractivity contribution in [2.75, 3.05) is 36.5 Å². The van der Waals surface area contributed by atoms with Crippen LogP contribution in [0.3, 0.4) is 0 Å². The molecular weight excluding hydrogens is 340 g/mol. The zero-order chi connectivity index (χ0) is 17.6. The largest absolute Gasteiger partial charge is 0.481 e. The summed E-state index contributed by atoms with van der Waals surface area (Å²) in [5.41, 5.74) is 1.87. The number of morpholine rings is 1. The van der Waals surface area contributed by atoms with E-state index < -0.39 is 6.10 Å². The molecule has 5 nitrogen and oxygen atoms in total. The first-order chi connectivity index (χ1) is 12.1. The Morgan fingerprint density at radius 2 is 1.92 bits per heavy atom. The summed E-state index contributed by atoms with van der Waals surface area (Å²) in [4.78, 5) is 14.6. The van der Waals surface area contributed by atoms with Crippen molar-refractivity contribution in [3.63, 3.8) is 0 Å². The van der Waals surface area contributed by atoms with Crippen molar-refractivity contribution in [1.82, 2.24) is 0 Å². The standard InChI is InChI=1S/C19H21ClN2O3/c1-14(25-18-4-2-3-15(20)13-18)19(23)21-16-5-7-17(8-6-16)22-9-11-24-12-10-22/h2-8,13-14H,9-12H2,1H3,(H,21,23)/t14-/m0/s1. The van der Waals surface area contributed by atoms with Crippen LogP contribution in [0.15, 0.2) is 48.5 Å². The monoisotopic (exact) mass is 360 g/mol. The summed E-state index contributed by atoms with van der Waals surface area (Å²) in [6.45, 7) is 4.97.